The van der Waals surface area contributed by atoms with Crippen LogP contribution in [0.25, 0.3) is 0 Å². The topological polar surface area (TPSA) is 32.3 Å². The maximum Gasteiger partial charge on any atom is 0.241 e. The summed E-state index contributed by atoms with van der Waals surface area (Å²) in [7, 11) is 0. The highest BCUT2D eigenvalue weighted by molar-refractivity contribution is 5.85. The molecule has 118 valence electrons. The summed E-state index contributed by atoms with van der Waals surface area (Å²) in [5.41, 5.74) is 0. The molecular formula is C17H34N2O. The lowest BCUT2D eigenvalue weighted by Crippen LogP contribution is -2.46. The molecule has 0 aliphatic carbocycles. The molecule has 5 unspecified atom stereocenters. The highest BCUT2D eigenvalue weighted by Gasteiger charge is 2.44. The van der Waals surface area contributed by atoms with Gasteiger partial charge in [0.05, 0.1) is 12.2 Å². The zero-order chi connectivity index (χ0) is 15.4. The summed E-state index contributed by atoms with van der Waals surface area (Å²) in [5.74, 6) is 1.85. The minimum Gasteiger partial charge on any atom is -0.323 e. The molecule has 0 aromatic carbocycles. The molecule has 1 saturated heterocycles. The van der Waals surface area contributed by atoms with Gasteiger partial charge in [0, 0.05) is 6.04 Å². The number of rotatable bonds is 7. The van der Waals surface area contributed by atoms with Gasteiger partial charge in [-0.25, -0.2) is 0 Å². The number of nitrogens with one attached hydrogen (secondary N) is 1. The van der Waals surface area contributed by atoms with Gasteiger partial charge < -0.3 is 4.90 Å². The Labute approximate surface area is 125 Å². The molecule has 0 saturated carbocycles. The van der Waals surface area contributed by atoms with Crippen LogP contribution >= 0.6 is 0 Å². The summed E-state index contributed by atoms with van der Waals surface area (Å²) in [6, 6.07) is 0.332. The molecule has 1 aliphatic heterocycles. The van der Waals surface area contributed by atoms with Crippen LogP contribution in [0.4, 0.5) is 0 Å². The molecule has 1 fully saturated rings. The summed E-state index contributed by atoms with van der Waals surface area (Å²) >= 11 is 0. The average molecular weight is 282 g/mol. The van der Waals surface area contributed by atoms with E-state index in [9.17, 15) is 4.79 Å². The molecule has 20 heavy (non-hydrogen) atoms. The first-order valence-electron chi connectivity index (χ1n) is 8.41. The van der Waals surface area contributed by atoms with Gasteiger partial charge in [0.2, 0.25) is 5.91 Å². The van der Waals surface area contributed by atoms with E-state index in [4.69, 9.17) is 0 Å². The maximum absolute atomic E-state index is 12.8. The average Bonchev–Trinajstić information content (AvgIpc) is 2.75. The Morgan fingerprint density at radius 1 is 1.10 bits per heavy atom. The second kappa shape index (κ2) is 7.44. The first-order chi connectivity index (χ1) is 9.33. The SMILES string of the molecule is CCC(C)CC(C)N1C(=O)C(C(C)CC)NC1C(C)C. The Balaban J connectivity index is 2.86. The van der Waals surface area contributed by atoms with E-state index in [0.29, 0.717) is 29.7 Å². The Kier molecular flexibility index (Phi) is 6.50. The van der Waals surface area contributed by atoms with Crippen LogP contribution < -0.4 is 5.32 Å². The van der Waals surface area contributed by atoms with Crippen LogP contribution in [0.1, 0.15) is 67.7 Å². The van der Waals surface area contributed by atoms with E-state index < -0.39 is 0 Å². The van der Waals surface area contributed by atoms with Crippen molar-refractivity contribution in [3.8, 4) is 0 Å². The van der Waals surface area contributed by atoms with Crippen LogP contribution in [0.3, 0.4) is 0 Å². The molecule has 0 spiro atoms. The molecule has 1 N–H and O–H groups in total. The van der Waals surface area contributed by atoms with Crippen LogP contribution in [0.2, 0.25) is 0 Å². The number of nitrogens with zero attached hydrogens (tertiary/aromatic N) is 1. The second-order valence-electron chi connectivity index (χ2n) is 7.06. The zero-order valence-corrected chi connectivity index (χ0v) is 14.4. The lowest BCUT2D eigenvalue weighted by atomic mass is 9.97. The van der Waals surface area contributed by atoms with E-state index in [1.807, 2.05) is 0 Å². The van der Waals surface area contributed by atoms with Crippen molar-refractivity contribution in [2.45, 2.75) is 86.0 Å². The molecule has 1 aliphatic rings. The smallest absolute Gasteiger partial charge is 0.241 e. The molecule has 3 heteroatoms. The second-order valence-corrected chi connectivity index (χ2v) is 7.06. The number of amides is 1. The standard InChI is InChI=1S/C17H34N2O/c1-8-12(5)10-14(7)19-16(11(3)4)18-15(17(19)20)13(6)9-2/h11-16,18H,8-10H2,1-7H3. The van der Waals surface area contributed by atoms with Crippen molar-refractivity contribution < 1.29 is 4.79 Å². The summed E-state index contributed by atoms with van der Waals surface area (Å²) in [5, 5.41) is 3.59. The van der Waals surface area contributed by atoms with Crippen molar-refractivity contribution in [2.75, 3.05) is 0 Å². The Morgan fingerprint density at radius 2 is 1.70 bits per heavy atom. The van der Waals surface area contributed by atoms with Crippen molar-refractivity contribution in [3.05, 3.63) is 0 Å². The van der Waals surface area contributed by atoms with Crippen molar-refractivity contribution in [1.82, 2.24) is 10.2 Å². The van der Waals surface area contributed by atoms with Crippen molar-refractivity contribution in [3.63, 3.8) is 0 Å². The van der Waals surface area contributed by atoms with Crippen LogP contribution in [-0.4, -0.2) is 29.1 Å². The van der Waals surface area contributed by atoms with Gasteiger partial charge in [-0.1, -0.05) is 54.4 Å². The van der Waals surface area contributed by atoms with Gasteiger partial charge >= 0.3 is 0 Å². The molecular weight excluding hydrogens is 248 g/mol. The molecule has 0 aromatic heterocycles. The zero-order valence-electron chi connectivity index (χ0n) is 14.4. The van der Waals surface area contributed by atoms with Gasteiger partial charge in [0.25, 0.3) is 0 Å². The molecule has 0 bridgehead atoms. The summed E-state index contributed by atoms with van der Waals surface area (Å²) in [4.78, 5) is 14.9. The normalized spacial score (nSPS) is 28.0. The third-order valence-corrected chi connectivity index (χ3v) is 4.93. The third kappa shape index (κ3) is 3.75. The third-order valence-electron chi connectivity index (χ3n) is 4.93. The Hall–Kier alpha value is -0.570. The van der Waals surface area contributed by atoms with Crippen molar-refractivity contribution in [2.24, 2.45) is 17.8 Å². The van der Waals surface area contributed by atoms with E-state index in [1.165, 1.54) is 6.42 Å². The highest BCUT2D eigenvalue weighted by Crippen LogP contribution is 2.27. The van der Waals surface area contributed by atoms with Gasteiger partial charge in [-0.2, -0.15) is 0 Å². The van der Waals surface area contributed by atoms with Gasteiger partial charge in [0.1, 0.15) is 0 Å². The summed E-state index contributed by atoms with van der Waals surface area (Å²) < 4.78 is 0. The molecule has 1 heterocycles. The lowest BCUT2D eigenvalue weighted by molar-refractivity contribution is -0.133. The quantitative estimate of drug-likeness (QED) is 0.773. The number of hydrogen-bond acceptors (Lipinski definition) is 2. The van der Waals surface area contributed by atoms with Crippen LogP contribution in [0.15, 0.2) is 0 Å². The largest absolute Gasteiger partial charge is 0.323 e. The van der Waals surface area contributed by atoms with E-state index in [-0.39, 0.29) is 12.2 Å². The van der Waals surface area contributed by atoms with Gasteiger partial charge in [-0.15, -0.1) is 0 Å². The molecule has 1 amide bonds. The van der Waals surface area contributed by atoms with Crippen LogP contribution in [0, 0.1) is 17.8 Å². The number of carbonyl (C=O) groups is 1. The molecule has 3 nitrogen and oxygen atoms in total. The molecule has 0 radical (unpaired) electrons. The minimum atomic E-state index is 0.00628. The van der Waals surface area contributed by atoms with Crippen molar-refractivity contribution in [1.29, 1.82) is 0 Å². The van der Waals surface area contributed by atoms with E-state index >= 15 is 0 Å². The molecule has 0 aromatic rings. The van der Waals surface area contributed by atoms with Gasteiger partial charge in [-0.3, -0.25) is 10.1 Å². The Bertz CT molecular complexity index is 316. The van der Waals surface area contributed by atoms with Crippen molar-refractivity contribution >= 4 is 5.91 Å². The van der Waals surface area contributed by atoms with E-state index in [1.54, 1.807) is 0 Å². The predicted octanol–water partition coefficient (Wildman–Crippen LogP) is 3.64. The first-order valence-corrected chi connectivity index (χ1v) is 8.41. The number of hydrogen-bond donors (Lipinski definition) is 1. The van der Waals surface area contributed by atoms with E-state index in [0.717, 1.165) is 12.8 Å². The fourth-order valence-corrected chi connectivity index (χ4v) is 3.14. The van der Waals surface area contributed by atoms with Crippen LogP contribution in [-0.2, 0) is 4.79 Å². The fourth-order valence-electron chi connectivity index (χ4n) is 3.14. The van der Waals surface area contributed by atoms with Crippen LogP contribution in [0.5, 0.6) is 0 Å². The minimum absolute atomic E-state index is 0.00628. The molecule has 1 rings (SSSR count). The van der Waals surface area contributed by atoms with E-state index in [2.05, 4.69) is 58.7 Å². The lowest BCUT2D eigenvalue weighted by Gasteiger charge is -2.34. The predicted molar refractivity (Wildman–Crippen MR) is 85.4 cm³/mol. The summed E-state index contributed by atoms with van der Waals surface area (Å²) in [6.45, 7) is 15.5. The van der Waals surface area contributed by atoms with Gasteiger partial charge in [-0.05, 0) is 31.1 Å². The Morgan fingerprint density at radius 3 is 2.15 bits per heavy atom. The fraction of sp³-hybridized carbons (Fsp3) is 0.941. The summed E-state index contributed by atoms with van der Waals surface area (Å²) in [6.07, 6.45) is 3.52. The number of carbonyl (C=O) groups excluding carboxylic acids is 1. The first kappa shape index (κ1) is 17.5. The molecule has 5 atom stereocenters. The monoisotopic (exact) mass is 282 g/mol. The van der Waals surface area contributed by atoms with Gasteiger partial charge in [0.15, 0.2) is 0 Å². The maximum atomic E-state index is 12.8. The highest BCUT2D eigenvalue weighted by atomic mass is 16.2.